The number of anilines is 1. The minimum atomic E-state index is -0.631. The van der Waals surface area contributed by atoms with Crippen molar-refractivity contribution in [2.75, 3.05) is 5.32 Å². The number of nitrogens with one attached hydrogen (secondary N) is 1. The Morgan fingerprint density at radius 1 is 1.16 bits per heavy atom. The van der Waals surface area contributed by atoms with Gasteiger partial charge in [0.1, 0.15) is 5.82 Å². The predicted octanol–water partition coefficient (Wildman–Crippen LogP) is 4.35. The first-order chi connectivity index (χ1) is 8.99. The first kappa shape index (κ1) is 13.6. The van der Waals surface area contributed by atoms with Crippen molar-refractivity contribution in [2.24, 2.45) is 0 Å². The van der Waals surface area contributed by atoms with Gasteiger partial charge >= 0.3 is 0 Å². The molecule has 0 aromatic heterocycles. The number of aryl methyl sites for hydroxylation is 2. The summed E-state index contributed by atoms with van der Waals surface area (Å²) in [6, 6.07) is 9.66. The van der Waals surface area contributed by atoms with E-state index in [0.717, 1.165) is 11.1 Å². The van der Waals surface area contributed by atoms with Crippen LogP contribution in [-0.2, 0) is 0 Å². The van der Waals surface area contributed by atoms with Crippen LogP contribution in [0.3, 0.4) is 0 Å². The molecule has 0 radical (unpaired) electrons. The molecule has 0 heterocycles. The topological polar surface area (TPSA) is 29.1 Å². The summed E-state index contributed by atoms with van der Waals surface area (Å²) < 4.78 is 13.6. The molecule has 2 aromatic carbocycles. The van der Waals surface area contributed by atoms with Crippen LogP contribution in [0.5, 0.6) is 0 Å². The van der Waals surface area contributed by atoms with Gasteiger partial charge in [-0.2, -0.15) is 0 Å². The second-order valence-electron chi connectivity index (χ2n) is 4.35. The monoisotopic (exact) mass is 277 g/mol. The SMILES string of the molecule is Cc1ccc(NC(=O)c2c(F)cccc2Cl)cc1C. The number of carbonyl (C=O) groups excluding carboxylic acids is 1. The molecule has 0 spiro atoms. The Kier molecular flexibility index (Phi) is 3.86. The zero-order valence-electron chi connectivity index (χ0n) is 10.6. The van der Waals surface area contributed by atoms with E-state index >= 15 is 0 Å². The number of hydrogen-bond donors (Lipinski definition) is 1. The number of carbonyl (C=O) groups is 1. The molecule has 0 aliphatic rings. The molecule has 0 fully saturated rings. The highest BCUT2D eigenvalue weighted by molar-refractivity contribution is 6.34. The van der Waals surface area contributed by atoms with E-state index < -0.39 is 11.7 Å². The summed E-state index contributed by atoms with van der Waals surface area (Å²) in [7, 11) is 0. The molecule has 0 unspecified atom stereocenters. The molecular weight excluding hydrogens is 265 g/mol. The normalized spacial score (nSPS) is 10.3. The van der Waals surface area contributed by atoms with Crippen LogP contribution in [0.4, 0.5) is 10.1 Å². The van der Waals surface area contributed by atoms with Gasteiger partial charge in [0.25, 0.3) is 5.91 Å². The second-order valence-corrected chi connectivity index (χ2v) is 4.76. The molecule has 1 N–H and O–H groups in total. The van der Waals surface area contributed by atoms with Gasteiger partial charge < -0.3 is 5.32 Å². The number of benzene rings is 2. The fourth-order valence-corrected chi connectivity index (χ4v) is 1.98. The van der Waals surface area contributed by atoms with Crippen LogP contribution in [0, 0.1) is 19.7 Å². The lowest BCUT2D eigenvalue weighted by Crippen LogP contribution is -2.14. The van der Waals surface area contributed by atoms with Crippen molar-refractivity contribution in [3.8, 4) is 0 Å². The zero-order chi connectivity index (χ0) is 14.0. The van der Waals surface area contributed by atoms with E-state index in [1.54, 1.807) is 6.07 Å². The van der Waals surface area contributed by atoms with Crippen LogP contribution in [-0.4, -0.2) is 5.91 Å². The lowest BCUT2D eigenvalue weighted by molar-refractivity contribution is 0.102. The van der Waals surface area contributed by atoms with Crippen molar-refractivity contribution in [1.82, 2.24) is 0 Å². The van der Waals surface area contributed by atoms with Crippen LogP contribution in [0.15, 0.2) is 36.4 Å². The first-order valence-electron chi connectivity index (χ1n) is 5.81. The molecule has 0 atom stereocenters. The molecular formula is C15H13ClFNO. The standard InChI is InChI=1S/C15H13ClFNO/c1-9-6-7-11(8-10(9)2)18-15(19)14-12(16)4-3-5-13(14)17/h3-8H,1-2H3,(H,18,19). The molecule has 0 saturated carbocycles. The Bertz CT molecular complexity index is 620. The van der Waals surface area contributed by atoms with Crippen molar-refractivity contribution >= 4 is 23.2 Å². The van der Waals surface area contributed by atoms with Crippen LogP contribution in [0.25, 0.3) is 0 Å². The summed E-state index contributed by atoms with van der Waals surface area (Å²) in [4.78, 5) is 12.0. The predicted molar refractivity (Wildman–Crippen MR) is 75.3 cm³/mol. The van der Waals surface area contributed by atoms with E-state index in [-0.39, 0.29) is 10.6 Å². The maximum absolute atomic E-state index is 13.6. The maximum Gasteiger partial charge on any atom is 0.260 e. The van der Waals surface area contributed by atoms with Gasteiger partial charge in [0, 0.05) is 5.69 Å². The molecule has 0 aliphatic heterocycles. The van der Waals surface area contributed by atoms with E-state index in [2.05, 4.69) is 5.32 Å². The molecule has 0 aliphatic carbocycles. The fraction of sp³-hybridized carbons (Fsp3) is 0.133. The minimum Gasteiger partial charge on any atom is -0.322 e. The van der Waals surface area contributed by atoms with Crippen molar-refractivity contribution in [3.05, 3.63) is 63.9 Å². The van der Waals surface area contributed by atoms with Gasteiger partial charge in [0.15, 0.2) is 0 Å². The molecule has 2 aromatic rings. The lowest BCUT2D eigenvalue weighted by Gasteiger charge is -2.09. The lowest BCUT2D eigenvalue weighted by atomic mass is 10.1. The number of amides is 1. The van der Waals surface area contributed by atoms with Gasteiger partial charge in [-0.15, -0.1) is 0 Å². The first-order valence-corrected chi connectivity index (χ1v) is 6.19. The summed E-state index contributed by atoms with van der Waals surface area (Å²) >= 11 is 5.85. The van der Waals surface area contributed by atoms with Gasteiger partial charge in [0.05, 0.1) is 10.6 Å². The maximum atomic E-state index is 13.6. The van der Waals surface area contributed by atoms with Gasteiger partial charge in [0.2, 0.25) is 0 Å². The number of hydrogen-bond acceptors (Lipinski definition) is 1. The summed E-state index contributed by atoms with van der Waals surface area (Å²) in [6.45, 7) is 3.93. The highest BCUT2D eigenvalue weighted by atomic mass is 35.5. The number of halogens is 2. The summed E-state index contributed by atoms with van der Waals surface area (Å²) in [5.74, 6) is -1.18. The minimum absolute atomic E-state index is 0.0985. The van der Waals surface area contributed by atoms with Crippen molar-refractivity contribution in [3.63, 3.8) is 0 Å². The molecule has 2 nitrogen and oxygen atoms in total. The Balaban J connectivity index is 2.28. The third kappa shape index (κ3) is 2.93. The fourth-order valence-electron chi connectivity index (χ4n) is 1.73. The molecule has 4 heteroatoms. The van der Waals surface area contributed by atoms with Crippen LogP contribution < -0.4 is 5.32 Å². The summed E-state index contributed by atoms with van der Waals surface area (Å²) in [5.41, 5.74) is 2.66. The average molecular weight is 278 g/mol. The van der Waals surface area contributed by atoms with Crippen LogP contribution in [0.2, 0.25) is 5.02 Å². The quantitative estimate of drug-likeness (QED) is 0.869. The highest BCUT2D eigenvalue weighted by Gasteiger charge is 2.15. The Morgan fingerprint density at radius 3 is 2.53 bits per heavy atom. The number of rotatable bonds is 2. The third-order valence-electron chi connectivity index (χ3n) is 2.95. The van der Waals surface area contributed by atoms with E-state index in [1.165, 1.54) is 18.2 Å². The molecule has 0 bridgehead atoms. The second kappa shape index (κ2) is 5.41. The molecule has 1 amide bonds. The average Bonchev–Trinajstić information content (AvgIpc) is 2.33. The van der Waals surface area contributed by atoms with Gasteiger partial charge in [-0.1, -0.05) is 23.7 Å². The van der Waals surface area contributed by atoms with Gasteiger partial charge in [-0.25, -0.2) is 4.39 Å². The van der Waals surface area contributed by atoms with E-state index in [0.29, 0.717) is 5.69 Å². The highest BCUT2D eigenvalue weighted by Crippen LogP contribution is 2.21. The van der Waals surface area contributed by atoms with Gasteiger partial charge in [-0.05, 0) is 49.2 Å². The van der Waals surface area contributed by atoms with E-state index in [1.807, 2.05) is 26.0 Å². The largest absolute Gasteiger partial charge is 0.322 e. The van der Waals surface area contributed by atoms with E-state index in [9.17, 15) is 9.18 Å². The smallest absolute Gasteiger partial charge is 0.260 e. The van der Waals surface area contributed by atoms with E-state index in [4.69, 9.17) is 11.6 Å². The van der Waals surface area contributed by atoms with Crippen LogP contribution in [0.1, 0.15) is 21.5 Å². The third-order valence-corrected chi connectivity index (χ3v) is 3.27. The molecule has 98 valence electrons. The Labute approximate surface area is 116 Å². The molecule has 19 heavy (non-hydrogen) atoms. The van der Waals surface area contributed by atoms with Crippen molar-refractivity contribution in [1.29, 1.82) is 0 Å². The zero-order valence-corrected chi connectivity index (χ0v) is 11.4. The summed E-state index contributed by atoms with van der Waals surface area (Å²) in [5, 5.41) is 2.74. The Hall–Kier alpha value is -1.87. The molecule has 0 saturated heterocycles. The molecule has 2 rings (SSSR count). The summed E-state index contributed by atoms with van der Waals surface area (Å²) in [6.07, 6.45) is 0. The van der Waals surface area contributed by atoms with Gasteiger partial charge in [-0.3, -0.25) is 4.79 Å². The van der Waals surface area contributed by atoms with Crippen molar-refractivity contribution < 1.29 is 9.18 Å². The van der Waals surface area contributed by atoms with Crippen molar-refractivity contribution in [2.45, 2.75) is 13.8 Å². The van der Waals surface area contributed by atoms with Crippen LogP contribution >= 0.6 is 11.6 Å². The Morgan fingerprint density at radius 2 is 1.89 bits per heavy atom.